The zero-order valence-corrected chi connectivity index (χ0v) is 19.6. The van der Waals surface area contributed by atoms with Crippen molar-refractivity contribution in [3.05, 3.63) is 34.6 Å². The molecule has 0 radical (unpaired) electrons. The fourth-order valence-electron chi connectivity index (χ4n) is 4.02. The molecule has 1 heterocycles. The van der Waals surface area contributed by atoms with Gasteiger partial charge in [0.2, 0.25) is 5.91 Å². The Morgan fingerprint density at radius 2 is 1.87 bits per heavy atom. The van der Waals surface area contributed by atoms with Crippen LogP contribution in [0.5, 0.6) is 0 Å². The van der Waals surface area contributed by atoms with Gasteiger partial charge in [-0.2, -0.15) is 0 Å². The fraction of sp³-hybridized carbons (Fsp3) is 0.609. The van der Waals surface area contributed by atoms with Gasteiger partial charge in [-0.05, 0) is 59.6 Å². The molecule has 0 bridgehead atoms. The number of hydrogen-bond acceptors (Lipinski definition) is 5. The second kappa shape index (κ2) is 9.96. The minimum atomic E-state index is -0.0300. The van der Waals surface area contributed by atoms with Crippen LogP contribution in [0.25, 0.3) is 10.9 Å². The van der Waals surface area contributed by atoms with Crippen LogP contribution in [-0.4, -0.2) is 62.2 Å². The quantitative estimate of drug-likeness (QED) is 0.426. The molecule has 0 aliphatic heterocycles. The van der Waals surface area contributed by atoms with Crippen molar-refractivity contribution in [3.8, 4) is 0 Å². The monoisotopic (exact) mass is 430 g/mol. The third kappa shape index (κ3) is 5.24. The van der Waals surface area contributed by atoms with Gasteiger partial charge in [0, 0.05) is 37.8 Å². The second-order valence-electron chi connectivity index (χ2n) is 8.49. The molecule has 1 aromatic carbocycles. The number of benzene rings is 1. The van der Waals surface area contributed by atoms with Gasteiger partial charge in [-0.25, -0.2) is 4.98 Å². The van der Waals surface area contributed by atoms with Crippen molar-refractivity contribution >= 4 is 28.6 Å². The smallest absolute Gasteiger partial charge is 0.262 e. The maximum absolute atomic E-state index is 13.3. The first kappa shape index (κ1) is 22.8. The Morgan fingerprint density at radius 1 is 1.20 bits per heavy atom. The summed E-state index contributed by atoms with van der Waals surface area (Å²) >= 11 is 1.38. The van der Waals surface area contributed by atoms with Crippen LogP contribution in [0, 0.1) is 0 Å². The average Bonchev–Trinajstić information content (AvgIpc) is 3.53. The summed E-state index contributed by atoms with van der Waals surface area (Å²) in [5.74, 6) is 0.442. The lowest BCUT2D eigenvalue weighted by molar-refractivity contribution is -0.128. The van der Waals surface area contributed by atoms with Crippen LogP contribution in [-0.2, 0) is 11.3 Å². The van der Waals surface area contributed by atoms with Crippen molar-refractivity contribution in [2.75, 3.05) is 18.8 Å². The van der Waals surface area contributed by atoms with Gasteiger partial charge in [-0.1, -0.05) is 23.9 Å². The second-order valence-corrected chi connectivity index (χ2v) is 9.44. The number of amides is 1. The van der Waals surface area contributed by atoms with Crippen LogP contribution >= 0.6 is 11.8 Å². The lowest BCUT2D eigenvalue weighted by Crippen LogP contribution is -2.40. The van der Waals surface area contributed by atoms with E-state index in [9.17, 15) is 9.59 Å². The summed E-state index contributed by atoms with van der Waals surface area (Å²) in [6.07, 6.45) is 2.20. The average molecular weight is 431 g/mol. The van der Waals surface area contributed by atoms with Crippen molar-refractivity contribution in [1.29, 1.82) is 0 Å². The van der Waals surface area contributed by atoms with E-state index >= 15 is 0 Å². The topological polar surface area (TPSA) is 58.4 Å². The highest BCUT2D eigenvalue weighted by molar-refractivity contribution is 7.99. The molecule has 1 aromatic heterocycles. The van der Waals surface area contributed by atoms with Crippen molar-refractivity contribution in [1.82, 2.24) is 19.4 Å². The summed E-state index contributed by atoms with van der Waals surface area (Å²) in [5, 5.41) is 1.26. The summed E-state index contributed by atoms with van der Waals surface area (Å²) in [5.41, 5.74) is 0.658. The van der Waals surface area contributed by atoms with Crippen LogP contribution in [0.3, 0.4) is 0 Å². The molecule has 1 aliphatic carbocycles. The van der Waals surface area contributed by atoms with Crippen molar-refractivity contribution in [3.63, 3.8) is 0 Å². The largest absolute Gasteiger partial charge is 0.339 e. The van der Waals surface area contributed by atoms with E-state index in [2.05, 4.69) is 32.6 Å². The lowest BCUT2D eigenvalue weighted by atomic mass is 10.2. The molecule has 6 nitrogen and oxygen atoms in total. The van der Waals surface area contributed by atoms with E-state index < -0.39 is 0 Å². The number of rotatable bonds is 10. The Kier molecular flexibility index (Phi) is 7.58. The first-order valence-electron chi connectivity index (χ1n) is 11.0. The number of fused-ring (bicyclic) bond motifs is 1. The number of aromatic nitrogens is 2. The molecule has 0 atom stereocenters. The number of thioether (sulfide) groups is 1. The molecule has 1 amide bonds. The summed E-state index contributed by atoms with van der Waals surface area (Å²) in [4.78, 5) is 35.0. The molecule has 164 valence electrons. The standard InChI is InChI=1S/C23H34N4O2S/c1-6-25(18-11-12-18)21(28)15-30-23-24-20-10-8-7-9-19(20)22(29)27(23)14-13-26(16(2)3)17(4)5/h7-10,16-18H,6,11-15H2,1-5H3. The molecular weight excluding hydrogens is 396 g/mol. The van der Waals surface area contributed by atoms with E-state index in [1.54, 1.807) is 4.57 Å². The van der Waals surface area contributed by atoms with Gasteiger partial charge in [0.15, 0.2) is 5.16 Å². The first-order chi connectivity index (χ1) is 14.3. The van der Waals surface area contributed by atoms with Crippen LogP contribution < -0.4 is 5.56 Å². The Bertz CT molecular complexity index is 928. The Balaban J connectivity index is 1.86. The normalized spacial score (nSPS) is 14.3. The molecule has 3 rings (SSSR count). The van der Waals surface area contributed by atoms with E-state index in [-0.39, 0.29) is 11.5 Å². The Labute approximate surface area is 183 Å². The number of para-hydroxylation sites is 1. The van der Waals surface area contributed by atoms with E-state index in [0.717, 1.165) is 25.9 Å². The fourth-order valence-corrected chi connectivity index (χ4v) is 4.93. The predicted octanol–water partition coefficient (Wildman–Crippen LogP) is 3.62. The number of hydrogen-bond donors (Lipinski definition) is 0. The Hall–Kier alpha value is -1.86. The highest BCUT2D eigenvalue weighted by Gasteiger charge is 2.31. The van der Waals surface area contributed by atoms with Gasteiger partial charge in [0.05, 0.1) is 16.7 Å². The highest BCUT2D eigenvalue weighted by Crippen LogP contribution is 2.28. The maximum Gasteiger partial charge on any atom is 0.262 e. The molecule has 0 saturated heterocycles. The van der Waals surface area contributed by atoms with Crippen LogP contribution in [0.2, 0.25) is 0 Å². The van der Waals surface area contributed by atoms with Gasteiger partial charge < -0.3 is 4.90 Å². The lowest BCUT2D eigenvalue weighted by Gasteiger charge is -2.30. The minimum absolute atomic E-state index is 0.0300. The van der Waals surface area contributed by atoms with Gasteiger partial charge in [0.25, 0.3) is 5.56 Å². The molecule has 0 spiro atoms. The van der Waals surface area contributed by atoms with Crippen LogP contribution in [0.15, 0.2) is 34.2 Å². The highest BCUT2D eigenvalue weighted by atomic mass is 32.2. The van der Waals surface area contributed by atoms with E-state index in [1.165, 1.54) is 11.8 Å². The van der Waals surface area contributed by atoms with E-state index in [0.29, 0.717) is 46.5 Å². The van der Waals surface area contributed by atoms with Crippen molar-refractivity contribution in [2.24, 2.45) is 0 Å². The molecule has 0 N–H and O–H groups in total. The third-order valence-electron chi connectivity index (χ3n) is 5.71. The van der Waals surface area contributed by atoms with Crippen LogP contribution in [0.4, 0.5) is 0 Å². The maximum atomic E-state index is 13.3. The molecule has 1 aliphatic rings. The van der Waals surface area contributed by atoms with Crippen molar-refractivity contribution in [2.45, 2.75) is 77.3 Å². The van der Waals surface area contributed by atoms with Gasteiger partial charge >= 0.3 is 0 Å². The van der Waals surface area contributed by atoms with E-state index in [4.69, 9.17) is 4.98 Å². The minimum Gasteiger partial charge on any atom is -0.339 e. The van der Waals surface area contributed by atoms with Crippen LogP contribution in [0.1, 0.15) is 47.5 Å². The molecule has 7 heteroatoms. The van der Waals surface area contributed by atoms with Gasteiger partial charge in [-0.3, -0.25) is 19.1 Å². The molecular formula is C23H34N4O2S. The molecule has 2 aromatic rings. The number of carbonyl (C=O) groups excluding carboxylic acids is 1. The predicted molar refractivity (Wildman–Crippen MR) is 124 cm³/mol. The third-order valence-corrected chi connectivity index (χ3v) is 6.67. The zero-order valence-electron chi connectivity index (χ0n) is 18.8. The van der Waals surface area contributed by atoms with Crippen molar-refractivity contribution < 1.29 is 4.79 Å². The summed E-state index contributed by atoms with van der Waals surface area (Å²) in [6, 6.07) is 8.64. The van der Waals surface area contributed by atoms with E-state index in [1.807, 2.05) is 36.1 Å². The number of nitrogens with zero attached hydrogens (tertiary/aromatic N) is 4. The molecule has 1 saturated carbocycles. The summed E-state index contributed by atoms with van der Waals surface area (Å²) < 4.78 is 1.76. The summed E-state index contributed by atoms with van der Waals surface area (Å²) in [7, 11) is 0. The van der Waals surface area contributed by atoms with Gasteiger partial charge in [0.1, 0.15) is 0 Å². The number of carbonyl (C=O) groups is 1. The molecule has 1 fully saturated rings. The Morgan fingerprint density at radius 3 is 2.47 bits per heavy atom. The SMILES string of the molecule is CCN(C(=O)CSc1nc2ccccc2c(=O)n1CCN(C(C)C)C(C)C)C1CC1. The summed E-state index contributed by atoms with van der Waals surface area (Å²) in [6.45, 7) is 12.8. The first-order valence-corrected chi connectivity index (χ1v) is 12.0. The molecule has 30 heavy (non-hydrogen) atoms. The van der Waals surface area contributed by atoms with Gasteiger partial charge in [-0.15, -0.1) is 0 Å². The zero-order chi connectivity index (χ0) is 21.8. The molecule has 0 unspecified atom stereocenters.